The summed E-state index contributed by atoms with van der Waals surface area (Å²) in [7, 11) is 0. The van der Waals surface area contributed by atoms with Crippen molar-refractivity contribution in [2.45, 2.75) is 6.92 Å². The van der Waals surface area contributed by atoms with Gasteiger partial charge >= 0.3 is 0 Å². The molecule has 2 N–H and O–H groups in total. The summed E-state index contributed by atoms with van der Waals surface area (Å²) in [6.07, 6.45) is 3.75. The first-order valence-electron chi connectivity index (χ1n) is 4.51. The highest BCUT2D eigenvalue weighted by atomic mass is 16.2. The van der Waals surface area contributed by atoms with Crippen LogP contribution in [0.5, 0.6) is 0 Å². The second-order valence-corrected chi connectivity index (χ2v) is 3.11. The Balaban J connectivity index is 2.27. The summed E-state index contributed by atoms with van der Waals surface area (Å²) in [5.41, 5.74) is 5.22. The molecule has 0 aromatic carbocycles. The van der Waals surface area contributed by atoms with Gasteiger partial charge in [-0.25, -0.2) is 0 Å². The van der Waals surface area contributed by atoms with E-state index in [1.54, 1.807) is 11.1 Å². The number of rotatable bonds is 1. The van der Waals surface area contributed by atoms with Gasteiger partial charge in [-0.2, -0.15) is 0 Å². The third-order valence-corrected chi connectivity index (χ3v) is 2.25. The quantitative estimate of drug-likeness (QED) is 0.584. The first-order valence-corrected chi connectivity index (χ1v) is 4.51. The Bertz CT molecular complexity index is 293. The minimum Gasteiger partial charge on any atom is -0.309 e. The van der Waals surface area contributed by atoms with Crippen LogP contribution in [0.25, 0.3) is 0 Å². The van der Waals surface area contributed by atoms with Crippen LogP contribution in [-0.2, 0) is 4.79 Å². The van der Waals surface area contributed by atoms with Crippen molar-refractivity contribution in [3.8, 4) is 0 Å². The maximum Gasteiger partial charge on any atom is 0.265 e. The predicted octanol–water partition coefficient (Wildman–Crippen LogP) is -0.233. The highest BCUT2D eigenvalue weighted by Gasteiger charge is 2.21. The number of hydrogen-bond acceptors (Lipinski definition) is 3. The van der Waals surface area contributed by atoms with E-state index >= 15 is 0 Å². The van der Waals surface area contributed by atoms with E-state index in [2.05, 4.69) is 16.8 Å². The van der Waals surface area contributed by atoms with Crippen molar-refractivity contribution in [1.82, 2.24) is 15.8 Å². The molecule has 0 fully saturated rings. The van der Waals surface area contributed by atoms with Crippen molar-refractivity contribution >= 4 is 5.91 Å². The number of carbonyl (C=O) groups excluding carboxylic acids is 1. The SMILES string of the molecule is CCN1NC2=CCNCC2=CC1=O. The summed E-state index contributed by atoms with van der Waals surface area (Å²) in [5, 5.41) is 4.79. The number of amides is 1. The minimum absolute atomic E-state index is 0.0401. The van der Waals surface area contributed by atoms with Gasteiger partial charge in [-0.3, -0.25) is 15.2 Å². The van der Waals surface area contributed by atoms with Gasteiger partial charge in [0.05, 0.1) is 5.70 Å². The van der Waals surface area contributed by atoms with Crippen molar-refractivity contribution in [2.75, 3.05) is 19.6 Å². The maximum absolute atomic E-state index is 11.4. The largest absolute Gasteiger partial charge is 0.309 e. The molecule has 0 radical (unpaired) electrons. The fraction of sp³-hybridized carbons (Fsp3) is 0.444. The van der Waals surface area contributed by atoms with Crippen LogP contribution in [0.15, 0.2) is 23.4 Å². The van der Waals surface area contributed by atoms with Gasteiger partial charge in [0.1, 0.15) is 0 Å². The summed E-state index contributed by atoms with van der Waals surface area (Å²) in [6, 6.07) is 0. The number of hydrazine groups is 1. The van der Waals surface area contributed by atoms with E-state index in [-0.39, 0.29) is 5.91 Å². The summed E-state index contributed by atoms with van der Waals surface area (Å²) in [6.45, 7) is 4.28. The number of nitrogens with one attached hydrogen (secondary N) is 2. The Labute approximate surface area is 77.3 Å². The van der Waals surface area contributed by atoms with Crippen molar-refractivity contribution in [2.24, 2.45) is 0 Å². The molecule has 2 rings (SSSR count). The van der Waals surface area contributed by atoms with Gasteiger partial charge in [-0.1, -0.05) is 0 Å². The molecular weight excluding hydrogens is 166 g/mol. The molecule has 0 aromatic heterocycles. The molecule has 2 heterocycles. The zero-order valence-electron chi connectivity index (χ0n) is 7.63. The van der Waals surface area contributed by atoms with E-state index in [0.29, 0.717) is 6.54 Å². The molecule has 2 aliphatic rings. The van der Waals surface area contributed by atoms with E-state index in [1.165, 1.54) is 0 Å². The topological polar surface area (TPSA) is 44.4 Å². The zero-order valence-corrected chi connectivity index (χ0v) is 7.63. The first kappa shape index (κ1) is 8.31. The number of hydrogen-bond donors (Lipinski definition) is 2. The molecule has 4 heteroatoms. The second kappa shape index (κ2) is 3.22. The van der Waals surface area contributed by atoms with Crippen molar-refractivity contribution in [3.05, 3.63) is 23.4 Å². The van der Waals surface area contributed by atoms with E-state index < -0.39 is 0 Å². The van der Waals surface area contributed by atoms with Crippen LogP contribution in [-0.4, -0.2) is 30.6 Å². The molecule has 0 aliphatic carbocycles. The molecule has 2 aliphatic heterocycles. The van der Waals surface area contributed by atoms with Crippen LogP contribution < -0.4 is 10.7 Å². The Morgan fingerprint density at radius 1 is 1.62 bits per heavy atom. The number of carbonyl (C=O) groups is 1. The van der Waals surface area contributed by atoms with Gasteiger partial charge in [0.15, 0.2) is 0 Å². The molecule has 0 saturated heterocycles. The fourth-order valence-electron chi connectivity index (χ4n) is 1.52. The standard InChI is InChI=1S/C9H13N3O/c1-2-12-9(13)5-7-6-10-4-3-8(7)11-12/h3,5,10-11H,2,4,6H2,1H3. The Morgan fingerprint density at radius 3 is 3.23 bits per heavy atom. The smallest absolute Gasteiger partial charge is 0.265 e. The van der Waals surface area contributed by atoms with Crippen LogP contribution in [0.2, 0.25) is 0 Å². The van der Waals surface area contributed by atoms with E-state index in [0.717, 1.165) is 24.4 Å². The van der Waals surface area contributed by atoms with Crippen LogP contribution in [0, 0.1) is 0 Å². The Hall–Kier alpha value is -1.29. The molecule has 0 saturated carbocycles. The molecule has 1 amide bonds. The highest BCUT2D eigenvalue weighted by molar-refractivity contribution is 5.90. The summed E-state index contributed by atoms with van der Waals surface area (Å²) < 4.78 is 0. The summed E-state index contributed by atoms with van der Waals surface area (Å²) >= 11 is 0. The third kappa shape index (κ3) is 1.45. The van der Waals surface area contributed by atoms with Gasteiger partial charge in [0, 0.05) is 25.7 Å². The second-order valence-electron chi connectivity index (χ2n) is 3.11. The van der Waals surface area contributed by atoms with Crippen LogP contribution in [0.4, 0.5) is 0 Å². The van der Waals surface area contributed by atoms with E-state index in [4.69, 9.17) is 0 Å². The first-order chi connectivity index (χ1) is 6.31. The number of likely N-dealkylation sites (N-methyl/N-ethyl adjacent to an activating group) is 1. The molecular formula is C9H13N3O. The van der Waals surface area contributed by atoms with Gasteiger partial charge < -0.3 is 5.32 Å². The minimum atomic E-state index is 0.0401. The molecule has 0 atom stereocenters. The lowest BCUT2D eigenvalue weighted by Gasteiger charge is -2.31. The van der Waals surface area contributed by atoms with Crippen molar-refractivity contribution in [1.29, 1.82) is 0 Å². The van der Waals surface area contributed by atoms with Crippen LogP contribution in [0.1, 0.15) is 6.92 Å². The molecule has 13 heavy (non-hydrogen) atoms. The number of fused-ring (bicyclic) bond motifs is 1. The van der Waals surface area contributed by atoms with Gasteiger partial charge in [0.2, 0.25) is 0 Å². The average molecular weight is 179 g/mol. The Kier molecular flexibility index (Phi) is 2.06. The molecule has 4 nitrogen and oxygen atoms in total. The molecule has 0 spiro atoms. The van der Waals surface area contributed by atoms with E-state index in [9.17, 15) is 4.79 Å². The van der Waals surface area contributed by atoms with Crippen LogP contribution in [0.3, 0.4) is 0 Å². The molecule has 0 aromatic rings. The normalized spacial score (nSPS) is 21.6. The molecule has 0 bridgehead atoms. The van der Waals surface area contributed by atoms with Gasteiger partial charge in [-0.05, 0) is 18.6 Å². The lowest BCUT2D eigenvalue weighted by atomic mass is 10.1. The Morgan fingerprint density at radius 2 is 2.46 bits per heavy atom. The van der Waals surface area contributed by atoms with Crippen molar-refractivity contribution < 1.29 is 4.79 Å². The lowest BCUT2D eigenvalue weighted by Crippen LogP contribution is -2.47. The average Bonchev–Trinajstić information content (AvgIpc) is 2.17. The molecule has 0 unspecified atom stereocenters. The van der Waals surface area contributed by atoms with Gasteiger partial charge in [-0.15, -0.1) is 0 Å². The van der Waals surface area contributed by atoms with E-state index in [1.807, 2.05) is 6.92 Å². The lowest BCUT2D eigenvalue weighted by molar-refractivity contribution is -0.128. The third-order valence-electron chi connectivity index (χ3n) is 2.25. The highest BCUT2D eigenvalue weighted by Crippen LogP contribution is 2.14. The van der Waals surface area contributed by atoms with Crippen molar-refractivity contribution in [3.63, 3.8) is 0 Å². The van der Waals surface area contributed by atoms with Crippen LogP contribution >= 0.6 is 0 Å². The summed E-state index contributed by atoms with van der Waals surface area (Å²) in [4.78, 5) is 11.4. The number of nitrogens with zero attached hydrogens (tertiary/aromatic N) is 1. The maximum atomic E-state index is 11.4. The summed E-state index contributed by atoms with van der Waals surface area (Å²) in [5.74, 6) is 0.0401. The monoisotopic (exact) mass is 179 g/mol. The van der Waals surface area contributed by atoms with Gasteiger partial charge in [0.25, 0.3) is 5.91 Å². The molecule has 70 valence electrons. The predicted molar refractivity (Wildman–Crippen MR) is 49.6 cm³/mol. The fourth-order valence-corrected chi connectivity index (χ4v) is 1.52. The zero-order chi connectivity index (χ0) is 9.26.